The number of hydrogen-bond acceptors (Lipinski definition) is 4. The minimum atomic E-state index is -0.485. The van der Waals surface area contributed by atoms with Crippen LogP contribution in [-0.2, 0) is 21.9 Å². The fourth-order valence-corrected chi connectivity index (χ4v) is 4.35. The fourth-order valence-electron chi connectivity index (χ4n) is 3.49. The molecule has 1 atom stereocenters. The highest BCUT2D eigenvalue weighted by molar-refractivity contribution is 7.99. The summed E-state index contributed by atoms with van der Waals surface area (Å²) in [5.41, 5.74) is 3.39. The van der Waals surface area contributed by atoms with Crippen LogP contribution in [0.2, 0.25) is 0 Å². The molecule has 5 nitrogen and oxygen atoms in total. The van der Waals surface area contributed by atoms with Gasteiger partial charge in [-0.2, -0.15) is 0 Å². The van der Waals surface area contributed by atoms with E-state index in [1.54, 1.807) is 23.8 Å². The van der Waals surface area contributed by atoms with E-state index in [1.807, 2.05) is 37.3 Å². The Hall–Kier alpha value is -2.47. The lowest BCUT2D eigenvalue weighted by atomic mass is 10.1. The Morgan fingerprint density at radius 2 is 1.84 bits per heavy atom. The van der Waals surface area contributed by atoms with E-state index in [-0.39, 0.29) is 11.8 Å². The maximum atomic E-state index is 13.3. The number of carbonyl (C=O) groups is 2. The van der Waals surface area contributed by atoms with Crippen LogP contribution < -0.4 is 10.1 Å². The van der Waals surface area contributed by atoms with E-state index in [4.69, 9.17) is 4.74 Å². The minimum Gasteiger partial charge on any atom is -0.497 e. The number of benzene rings is 2. The first-order valence-corrected chi connectivity index (χ1v) is 12.5. The lowest BCUT2D eigenvalue weighted by molar-refractivity contribution is -0.139. The Labute approximate surface area is 196 Å². The number of hydrogen-bond donors (Lipinski definition) is 1. The van der Waals surface area contributed by atoms with Crippen molar-refractivity contribution in [2.45, 2.75) is 58.4 Å². The van der Waals surface area contributed by atoms with Crippen LogP contribution in [0.5, 0.6) is 5.75 Å². The number of unbranched alkanes of at least 4 members (excludes halogenated alkanes) is 1. The maximum Gasteiger partial charge on any atom is 0.242 e. The van der Waals surface area contributed by atoms with E-state index in [1.165, 1.54) is 11.1 Å². The average Bonchev–Trinajstić information content (AvgIpc) is 2.79. The van der Waals surface area contributed by atoms with Gasteiger partial charge in [0.05, 0.1) is 12.9 Å². The Bertz CT molecular complexity index is 854. The molecular formula is C26H36N2O3S. The molecule has 2 rings (SSSR count). The Morgan fingerprint density at radius 1 is 1.09 bits per heavy atom. The number of nitrogens with one attached hydrogen (secondary N) is 1. The zero-order chi connectivity index (χ0) is 23.3. The van der Waals surface area contributed by atoms with Gasteiger partial charge in [-0.3, -0.25) is 9.59 Å². The molecule has 2 aromatic rings. The van der Waals surface area contributed by atoms with Crippen LogP contribution in [0.25, 0.3) is 0 Å². The molecule has 1 unspecified atom stereocenters. The number of ether oxygens (including phenoxy) is 1. The number of aryl methyl sites for hydroxylation is 1. The van der Waals surface area contributed by atoms with Crippen LogP contribution >= 0.6 is 11.8 Å². The maximum absolute atomic E-state index is 13.3. The highest BCUT2D eigenvalue weighted by Crippen LogP contribution is 2.19. The van der Waals surface area contributed by atoms with Crippen LogP contribution in [0.3, 0.4) is 0 Å². The number of nitrogens with zero attached hydrogens (tertiary/aromatic N) is 1. The summed E-state index contributed by atoms with van der Waals surface area (Å²) < 4.78 is 5.24. The van der Waals surface area contributed by atoms with Crippen molar-refractivity contribution < 1.29 is 14.3 Å². The smallest absolute Gasteiger partial charge is 0.242 e. The lowest BCUT2D eigenvalue weighted by Crippen LogP contribution is -2.49. The summed E-state index contributed by atoms with van der Waals surface area (Å²) in [7, 11) is 1.63. The second-order valence-corrected chi connectivity index (χ2v) is 8.91. The molecule has 0 bridgehead atoms. The number of rotatable bonds is 13. The van der Waals surface area contributed by atoms with Crippen molar-refractivity contribution in [1.29, 1.82) is 0 Å². The van der Waals surface area contributed by atoms with Crippen molar-refractivity contribution in [3.05, 3.63) is 65.2 Å². The second kappa shape index (κ2) is 13.8. The number of amides is 2. The van der Waals surface area contributed by atoms with Crippen molar-refractivity contribution in [3.63, 3.8) is 0 Å². The van der Waals surface area contributed by atoms with Gasteiger partial charge < -0.3 is 15.0 Å². The zero-order valence-corrected chi connectivity index (χ0v) is 20.5. The van der Waals surface area contributed by atoms with E-state index in [0.29, 0.717) is 25.3 Å². The fraction of sp³-hybridized carbons (Fsp3) is 0.462. The lowest BCUT2D eigenvalue weighted by Gasteiger charge is -2.30. The summed E-state index contributed by atoms with van der Waals surface area (Å²) in [6.45, 7) is 7.15. The third kappa shape index (κ3) is 8.23. The summed E-state index contributed by atoms with van der Waals surface area (Å²) >= 11 is 1.59. The first-order chi connectivity index (χ1) is 15.5. The Kier molecular flexibility index (Phi) is 11.2. The van der Waals surface area contributed by atoms with Crippen molar-refractivity contribution >= 4 is 23.6 Å². The van der Waals surface area contributed by atoms with Gasteiger partial charge in [-0.15, -0.1) is 11.8 Å². The molecule has 0 heterocycles. The average molecular weight is 457 g/mol. The Morgan fingerprint density at radius 3 is 2.47 bits per heavy atom. The van der Waals surface area contributed by atoms with Crippen molar-refractivity contribution in [3.8, 4) is 5.75 Å². The molecule has 174 valence electrons. The van der Waals surface area contributed by atoms with E-state index >= 15 is 0 Å². The van der Waals surface area contributed by atoms with E-state index in [0.717, 1.165) is 29.9 Å². The molecule has 0 fully saturated rings. The summed E-state index contributed by atoms with van der Waals surface area (Å²) in [4.78, 5) is 27.9. The molecule has 6 heteroatoms. The number of carbonyl (C=O) groups excluding carboxylic acids is 2. The van der Waals surface area contributed by atoms with Gasteiger partial charge in [-0.1, -0.05) is 62.2 Å². The standard InChI is InChI=1S/C26H36N2O3S/c1-5-7-15-27-26(30)24(6-2)28(17-21-11-13-23(31-4)14-12-21)25(29)19-32-18-22-10-8-9-20(3)16-22/h8-14,16,24H,5-7,15,17-19H2,1-4H3,(H,27,30). The van der Waals surface area contributed by atoms with E-state index in [9.17, 15) is 9.59 Å². The SMILES string of the molecule is CCCCNC(=O)C(CC)N(Cc1ccc(OC)cc1)C(=O)CSCc1cccc(C)c1. The molecule has 0 aliphatic rings. The van der Waals surface area contributed by atoms with E-state index in [2.05, 4.69) is 37.4 Å². The molecule has 0 aromatic heterocycles. The third-order valence-corrected chi connectivity index (χ3v) is 6.29. The van der Waals surface area contributed by atoms with Crippen LogP contribution in [0.1, 0.15) is 49.8 Å². The normalized spacial score (nSPS) is 11.6. The molecule has 0 saturated carbocycles. The van der Waals surface area contributed by atoms with Crippen molar-refractivity contribution in [2.24, 2.45) is 0 Å². The molecule has 2 amide bonds. The van der Waals surface area contributed by atoms with Gasteiger partial charge in [0, 0.05) is 18.8 Å². The van der Waals surface area contributed by atoms with Crippen LogP contribution in [0.15, 0.2) is 48.5 Å². The van der Waals surface area contributed by atoms with Gasteiger partial charge in [-0.25, -0.2) is 0 Å². The largest absolute Gasteiger partial charge is 0.497 e. The van der Waals surface area contributed by atoms with Gasteiger partial charge in [0.15, 0.2) is 0 Å². The minimum absolute atomic E-state index is 0.0176. The second-order valence-electron chi connectivity index (χ2n) is 7.92. The van der Waals surface area contributed by atoms with Gasteiger partial charge in [-0.05, 0) is 43.0 Å². The number of thioether (sulfide) groups is 1. The number of methoxy groups -OCH3 is 1. The van der Waals surface area contributed by atoms with E-state index < -0.39 is 6.04 Å². The van der Waals surface area contributed by atoms with Gasteiger partial charge in [0.25, 0.3) is 0 Å². The van der Waals surface area contributed by atoms with Gasteiger partial charge in [0.2, 0.25) is 11.8 Å². The molecule has 32 heavy (non-hydrogen) atoms. The van der Waals surface area contributed by atoms with Crippen molar-refractivity contribution in [1.82, 2.24) is 10.2 Å². The monoisotopic (exact) mass is 456 g/mol. The highest BCUT2D eigenvalue weighted by Gasteiger charge is 2.28. The van der Waals surface area contributed by atoms with Crippen LogP contribution in [0.4, 0.5) is 0 Å². The van der Waals surface area contributed by atoms with Crippen LogP contribution in [0, 0.1) is 6.92 Å². The zero-order valence-electron chi connectivity index (χ0n) is 19.7. The Balaban J connectivity index is 2.10. The molecule has 0 saturated heterocycles. The first-order valence-electron chi connectivity index (χ1n) is 11.3. The van der Waals surface area contributed by atoms with Crippen LogP contribution in [-0.4, -0.2) is 42.2 Å². The molecule has 1 N–H and O–H groups in total. The predicted molar refractivity (Wildman–Crippen MR) is 133 cm³/mol. The molecule has 2 aromatic carbocycles. The van der Waals surface area contributed by atoms with Gasteiger partial charge in [0.1, 0.15) is 11.8 Å². The quantitative estimate of drug-likeness (QED) is 0.433. The summed E-state index contributed by atoms with van der Waals surface area (Å²) in [5.74, 6) is 1.78. The molecule has 0 aliphatic carbocycles. The third-order valence-electron chi connectivity index (χ3n) is 5.30. The summed E-state index contributed by atoms with van der Waals surface area (Å²) in [6.07, 6.45) is 2.52. The molecule has 0 aliphatic heterocycles. The molecule has 0 spiro atoms. The highest BCUT2D eigenvalue weighted by atomic mass is 32.2. The van der Waals surface area contributed by atoms with Gasteiger partial charge >= 0.3 is 0 Å². The summed E-state index contributed by atoms with van der Waals surface area (Å²) in [6, 6.07) is 15.5. The molecular weight excluding hydrogens is 420 g/mol. The molecule has 0 radical (unpaired) electrons. The topological polar surface area (TPSA) is 58.6 Å². The first kappa shape index (κ1) is 25.8. The predicted octanol–water partition coefficient (Wildman–Crippen LogP) is 4.96. The summed E-state index contributed by atoms with van der Waals surface area (Å²) in [5, 5.41) is 3.00. The van der Waals surface area contributed by atoms with Crippen molar-refractivity contribution in [2.75, 3.05) is 19.4 Å².